The molecule has 3 N–H and O–H groups in total. The standard InChI is InChI=1S/C11H16N2O2/c1-2-3-8(12)11(14)13-9-6-7-4-5-10(9)15-7/h1,7-10H,3-6,12H2,(H,13,14). The van der Waals surface area contributed by atoms with Crippen LogP contribution in [0.15, 0.2) is 0 Å². The second-order valence-electron chi connectivity index (χ2n) is 4.24. The molecule has 0 aromatic heterocycles. The van der Waals surface area contributed by atoms with Crippen molar-refractivity contribution in [3.05, 3.63) is 0 Å². The average molecular weight is 208 g/mol. The number of carbonyl (C=O) groups is 1. The second-order valence-corrected chi connectivity index (χ2v) is 4.24. The molecule has 2 aliphatic rings. The topological polar surface area (TPSA) is 64.4 Å². The highest BCUT2D eigenvalue weighted by Gasteiger charge is 2.41. The van der Waals surface area contributed by atoms with Crippen LogP contribution >= 0.6 is 0 Å². The zero-order chi connectivity index (χ0) is 10.8. The summed E-state index contributed by atoms with van der Waals surface area (Å²) in [6.45, 7) is 0. The Morgan fingerprint density at radius 2 is 2.47 bits per heavy atom. The molecule has 2 aliphatic heterocycles. The number of nitrogens with one attached hydrogen (secondary N) is 1. The SMILES string of the molecule is C#CCC(N)C(=O)NC1CC2CCC1O2. The van der Waals surface area contributed by atoms with Crippen molar-refractivity contribution in [1.29, 1.82) is 0 Å². The molecule has 2 fully saturated rings. The van der Waals surface area contributed by atoms with Crippen LogP contribution in [0.2, 0.25) is 0 Å². The van der Waals surface area contributed by atoms with E-state index in [0.29, 0.717) is 6.10 Å². The van der Waals surface area contributed by atoms with Gasteiger partial charge >= 0.3 is 0 Å². The maximum atomic E-state index is 11.6. The van der Waals surface area contributed by atoms with Gasteiger partial charge in [0.05, 0.1) is 24.3 Å². The van der Waals surface area contributed by atoms with Gasteiger partial charge < -0.3 is 15.8 Å². The number of terminal acetylenes is 1. The zero-order valence-electron chi connectivity index (χ0n) is 8.61. The Morgan fingerprint density at radius 3 is 3.00 bits per heavy atom. The lowest BCUT2D eigenvalue weighted by atomic mass is 9.95. The molecule has 82 valence electrons. The third-order valence-electron chi connectivity index (χ3n) is 3.11. The van der Waals surface area contributed by atoms with Crippen molar-refractivity contribution in [2.45, 2.75) is 50.0 Å². The highest BCUT2D eigenvalue weighted by atomic mass is 16.5. The Kier molecular flexibility index (Phi) is 2.94. The van der Waals surface area contributed by atoms with Crippen LogP contribution in [0.25, 0.3) is 0 Å². The highest BCUT2D eigenvalue weighted by Crippen LogP contribution is 2.34. The van der Waals surface area contributed by atoms with Crippen LogP contribution in [-0.2, 0) is 9.53 Å². The molecule has 4 nitrogen and oxygen atoms in total. The normalized spacial score (nSPS) is 34.8. The molecule has 0 aromatic rings. The van der Waals surface area contributed by atoms with Crippen LogP contribution in [-0.4, -0.2) is 30.2 Å². The van der Waals surface area contributed by atoms with E-state index in [9.17, 15) is 4.79 Å². The van der Waals surface area contributed by atoms with Crippen molar-refractivity contribution in [3.63, 3.8) is 0 Å². The first-order chi connectivity index (χ1) is 7.20. The predicted molar refractivity (Wildman–Crippen MR) is 55.9 cm³/mol. The Hall–Kier alpha value is -1.05. The molecule has 2 saturated heterocycles. The van der Waals surface area contributed by atoms with Crippen LogP contribution in [0.4, 0.5) is 0 Å². The van der Waals surface area contributed by atoms with Gasteiger partial charge in [-0.15, -0.1) is 12.3 Å². The van der Waals surface area contributed by atoms with Gasteiger partial charge in [0.2, 0.25) is 5.91 Å². The summed E-state index contributed by atoms with van der Waals surface area (Å²) >= 11 is 0. The van der Waals surface area contributed by atoms with E-state index in [1.54, 1.807) is 0 Å². The second kappa shape index (κ2) is 4.21. The van der Waals surface area contributed by atoms with Crippen LogP contribution in [0.1, 0.15) is 25.7 Å². The first-order valence-corrected chi connectivity index (χ1v) is 5.35. The molecule has 0 radical (unpaired) electrons. The van der Waals surface area contributed by atoms with Gasteiger partial charge in [-0.05, 0) is 19.3 Å². The molecule has 0 spiro atoms. The van der Waals surface area contributed by atoms with Gasteiger partial charge in [0.25, 0.3) is 0 Å². The molecule has 0 aromatic carbocycles. The Balaban J connectivity index is 1.82. The number of ether oxygens (including phenoxy) is 1. The lowest BCUT2D eigenvalue weighted by Crippen LogP contribution is -2.48. The Bertz CT molecular complexity index is 297. The molecule has 1 amide bonds. The number of amides is 1. The minimum absolute atomic E-state index is 0.139. The zero-order valence-corrected chi connectivity index (χ0v) is 8.61. The minimum atomic E-state index is -0.589. The summed E-state index contributed by atoms with van der Waals surface area (Å²) in [4.78, 5) is 11.6. The quantitative estimate of drug-likeness (QED) is 0.630. The minimum Gasteiger partial charge on any atom is -0.373 e. The number of hydrogen-bond donors (Lipinski definition) is 2. The predicted octanol–water partition coefficient (Wildman–Crippen LogP) is -0.227. The van der Waals surface area contributed by atoms with Crippen molar-refractivity contribution in [2.75, 3.05) is 0 Å². The lowest BCUT2D eigenvalue weighted by Gasteiger charge is -2.21. The number of nitrogens with two attached hydrogens (primary N) is 1. The molecular formula is C11H16N2O2. The van der Waals surface area contributed by atoms with Crippen LogP contribution in [0.3, 0.4) is 0 Å². The largest absolute Gasteiger partial charge is 0.373 e. The number of hydrogen-bond acceptors (Lipinski definition) is 3. The summed E-state index contributed by atoms with van der Waals surface area (Å²) in [5.41, 5.74) is 5.61. The van der Waals surface area contributed by atoms with E-state index in [1.165, 1.54) is 0 Å². The van der Waals surface area contributed by atoms with E-state index < -0.39 is 6.04 Å². The Labute approximate surface area is 89.5 Å². The average Bonchev–Trinajstić information content (AvgIpc) is 2.79. The van der Waals surface area contributed by atoms with Crippen molar-refractivity contribution in [2.24, 2.45) is 5.73 Å². The maximum absolute atomic E-state index is 11.6. The monoisotopic (exact) mass is 208 g/mol. The third kappa shape index (κ3) is 2.14. The van der Waals surface area contributed by atoms with E-state index >= 15 is 0 Å². The van der Waals surface area contributed by atoms with Crippen molar-refractivity contribution < 1.29 is 9.53 Å². The van der Waals surface area contributed by atoms with Gasteiger partial charge in [-0.25, -0.2) is 0 Å². The summed E-state index contributed by atoms with van der Waals surface area (Å²) in [6.07, 6.45) is 8.99. The van der Waals surface area contributed by atoms with E-state index in [1.807, 2.05) is 0 Å². The maximum Gasteiger partial charge on any atom is 0.238 e. The molecule has 15 heavy (non-hydrogen) atoms. The summed E-state index contributed by atoms with van der Waals surface area (Å²) in [5, 5.41) is 2.91. The summed E-state index contributed by atoms with van der Waals surface area (Å²) in [5.74, 6) is 2.23. The molecule has 4 atom stereocenters. The lowest BCUT2D eigenvalue weighted by molar-refractivity contribution is -0.123. The summed E-state index contributed by atoms with van der Waals surface area (Å²) in [7, 11) is 0. The fourth-order valence-electron chi connectivity index (χ4n) is 2.30. The number of carbonyl (C=O) groups excluding carboxylic acids is 1. The number of fused-ring (bicyclic) bond motifs is 2. The van der Waals surface area contributed by atoms with Gasteiger partial charge in [0.15, 0.2) is 0 Å². The molecule has 0 aliphatic carbocycles. The molecule has 2 heterocycles. The third-order valence-corrected chi connectivity index (χ3v) is 3.11. The summed E-state index contributed by atoms with van der Waals surface area (Å²) in [6, 6.07) is -0.450. The molecular weight excluding hydrogens is 192 g/mol. The van der Waals surface area contributed by atoms with Gasteiger partial charge in [-0.2, -0.15) is 0 Å². The van der Waals surface area contributed by atoms with Gasteiger partial charge in [0.1, 0.15) is 0 Å². The molecule has 4 heteroatoms. The fourth-order valence-corrected chi connectivity index (χ4v) is 2.30. The van der Waals surface area contributed by atoms with Gasteiger partial charge in [0, 0.05) is 6.42 Å². The van der Waals surface area contributed by atoms with Gasteiger partial charge in [-0.3, -0.25) is 4.79 Å². The number of rotatable bonds is 3. The van der Waals surface area contributed by atoms with Crippen molar-refractivity contribution in [3.8, 4) is 12.3 Å². The molecule has 0 saturated carbocycles. The van der Waals surface area contributed by atoms with Crippen LogP contribution < -0.4 is 11.1 Å². The highest BCUT2D eigenvalue weighted by molar-refractivity contribution is 5.82. The summed E-state index contributed by atoms with van der Waals surface area (Å²) < 4.78 is 5.63. The van der Waals surface area contributed by atoms with E-state index in [0.717, 1.165) is 19.3 Å². The van der Waals surface area contributed by atoms with Gasteiger partial charge in [-0.1, -0.05) is 0 Å². The first-order valence-electron chi connectivity index (χ1n) is 5.35. The van der Waals surface area contributed by atoms with E-state index in [4.69, 9.17) is 16.9 Å². The molecule has 2 bridgehead atoms. The Morgan fingerprint density at radius 1 is 1.67 bits per heavy atom. The van der Waals surface area contributed by atoms with Crippen molar-refractivity contribution in [1.82, 2.24) is 5.32 Å². The van der Waals surface area contributed by atoms with Crippen molar-refractivity contribution >= 4 is 5.91 Å². The smallest absolute Gasteiger partial charge is 0.238 e. The van der Waals surface area contributed by atoms with Crippen LogP contribution in [0.5, 0.6) is 0 Å². The molecule has 4 unspecified atom stereocenters. The van der Waals surface area contributed by atoms with E-state index in [2.05, 4.69) is 11.2 Å². The molecule has 2 rings (SSSR count). The van der Waals surface area contributed by atoms with E-state index in [-0.39, 0.29) is 24.5 Å². The fraction of sp³-hybridized carbons (Fsp3) is 0.727. The first kappa shape index (κ1) is 10.5. The van der Waals surface area contributed by atoms with Crippen LogP contribution in [0, 0.1) is 12.3 Å².